The molecule has 1 aliphatic carbocycles. The van der Waals surface area contributed by atoms with Gasteiger partial charge in [0, 0.05) is 28.0 Å². The highest BCUT2D eigenvalue weighted by Crippen LogP contribution is 2.49. The van der Waals surface area contributed by atoms with E-state index < -0.39 is 17.7 Å². The van der Waals surface area contributed by atoms with Crippen LogP contribution >= 0.6 is 11.3 Å². The standard InChI is InChI=1S/C19H14F2O2S/c1-23-9-10-8-14-16-13(6-7-15(20)17(16)21)18(22)11-4-2-3-5-12(11)19(14)24-10/h2-8,18,22H,9H2,1H3. The first kappa shape index (κ1) is 15.4. The predicted octanol–water partition coefficient (Wildman–Crippen LogP) is 4.90. The summed E-state index contributed by atoms with van der Waals surface area (Å²) in [5.41, 5.74) is 2.63. The molecule has 3 aromatic rings. The Morgan fingerprint density at radius 3 is 2.67 bits per heavy atom. The molecule has 1 atom stereocenters. The molecule has 2 aromatic carbocycles. The second-order valence-electron chi connectivity index (χ2n) is 5.70. The zero-order valence-electron chi connectivity index (χ0n) is 12.8. The largest absolute Gasteiger partial charge is 0.384 e. The Morgan fingerprint density at radius 2 is 1.88 bits per heavy atom. The zero-order chi connectivity index (χ0) is 16.8. The number of methoxy groups -OCH3 is 1. The molecule has 0 amide bonds. The number of benzene rings is 2. The monoisotopic (exact) mass is 344 g/mol. The summed E-state index contributed by atoms with van der Waals surface area (Å²) in [6.45, 7) is 0.397. The van der Waals surface area contributed by atoms with Gasteiger partial charge in [-0.05, 0) is 28.8 Å². The summed E-state index contributed by atoms with van der Waals surface area (Å²) in [6.07, 6.45) is -1.00. The Hall–Kier alpha value is -2.08. The number of aliphatic hydroxyl groups is 1. The van der Waals surface area contributed by atoms with Crippen molar-refractivity contribution in [3.63, 3.8) is 0 Å². The molecule has 0 saturated carbocycles. The van der Waals surface area contributed by atoms with Gasteiger partial charge in [-0.1, -0.05) is 30.3 Å². The van der Waals surface area contributed by atoms with E-state index in [1.807, 2.05) is 30.3 Å². The highest BCUT2D eigenvalue weighted by Gasteiger charge is 2.30. The lowest BCUT2D eigenvalue weighted by atomic mass is 9.95. The van der Waals surface area contributed by atoms with Crippen LogP contribution in [0.1, 0.15) is 22.1 Å². The van der Waals surface area contributed by atoms with Gasteiger partial charge in [-0.3, -0.25) is 0 Å². The Bertz CT molecular complexity index is 933. The Balaban J connectivity index is 2.11. The van der Waals surface area contributed by atoms with Crippen LogP contribution in [0.15, 0.2) is 42.5 Å². The number of aliphatic hydroxyl groups excluding tert-OH is 1. The van der Waals surface area contributed by atoms with Gasteiger partial charge < -0.3 is 9.84 Å². The van der Waals surface area contributed by atoms with E-state index in [0.29, 0.717) is 23.3 Å². The number of thiophene rings is 1. The fourth-order valence-electron chi connectivity index (χ4n) is 3.22. The minimum atomic E-state index is -1.00. The van der Waals surface area contributed by atoms with Gasteiger partial charge in [-0.2, -0.15) is 0 Å². The average Bonchev–Trinajstić information content (AvgIpc) is 2.96. The maximum Gasteiger partial charge on any atom is 0.167 e. The molecule has 0 saturated heterocycles. The smallest absolute Gasteiger partial charge is 0.167 e. The number of fused-ring (bicyclic) bond motifs is 5. The molecule has 1 N–H and O–H groups in total. The second kappa shape index (κ2) is 5.77. The van der Waals surface area contributed by atoms with Crippen molar-refractivity contribution < 1.29 is 18.6 Å². The Labute approximate surface area is 142 Å². The van der Waals surface area contributed by atoms with Gasteiger partial charge in [0.05, 0.1) is 6.61 Å². The normalized spacial score (nSPS) is 15.4. The number of hydrogen-bond donors (Lipinski definition) is 1. The topological polar surface area (TPSA) is 29.5 Å². The lowest BCUT2D eigenvalue weighted by molar-refractivity contribution is 0.187. The van der Waals surface area contributed by atoms with Crippen LogP contribution in [0.4, 0.5) is 8.78 Å². The molecule has 0 spiro atoms. The highest BCUT2D eigenvalue weighted by molar-refractivity contribution is 7.16. The van der Waals surface area contributed by atoms with Crippen LogP contribution < -0.4 is 0 Å². The molecule has 5 heteroatoms. The first-order valence-corrected chi connectivity index (χ1v) is 8.30. The van der Waals surface area contributed by atoms with Gasteiger partial charge in [0.25, 0.3) is 0 Å². The summed E-state index contributed by atoms with van der Waals surface area (Å²) >= 11 is 1.47. The van der Waals surface area contributed by atoms with Crippen LogP contribution in [0, 0.1) is 11.6 Å². The van der Waals surface area contributed by atoms with Crippen LogP contribution in [0.2, 0.25) is 0 Å². The summed E-state index contributed by atoms with van der Waals surface area (Å²) in [5, 5.41) is 10.8. The van der Waals surface area contributed by atoms with Gasteiger partial charge in [-0.15, -0.1) is 11.3 Å². The van der Waals surface area contributed by atoms with Crippen LogP contribution in [0.3, 0.4) is 0 Å². The lowest BCUT2D eigenvalue weighted by Crippen LogP contribution is -2.03. The summed E-state index contributed by atoms with van der Waals surface area (Å²) < 4.78 is 33.7. The van der Waals surface area contributed by atoms with E-state index in [2.05, 4.69) is 0 Å². The molecule has 24 heavy (non-hydrogen) atoms. The van der Waals surface area contributed by atoms with Gasteiger partial charge in [-0.25, -0.2) is 8.78 Å². The predicted molar refractivity (Wildman–Crippen MR) is 89.9 cm³/mol. The van der Waals surface area contributed by atoms with E-state index >= 15 is 0 Å². The molecule has 0 bridgehead atoms. The van der Waals surface area contributed by atoms with Crippen molar-refractivity contribution in [2.75, 3.05) is 7.11 Å². The van der Waals surface area contributed by atoms with Crippen molar-refractivity contribution in [3.05, 3.63) is 70.1 Å². The minimum Gasteiger partial charge on any atom is -0.384 e. The van der Waals surface area contributed by atoms with Crippen LogP contribution in [-0.4, -0.2) is 12.2 Å². The van der Waals surface area contributed by atoms with E-state index in [9.17, 15) is 13.9 Å². The molecule has 0 radical (unpaired) electrons. The summed E-state index contributed by atoms with van der Waals surface area (Å²) in [6, 6.07) is 11.7. The van der Waals surface area contributed by atoms with Crippen molar-refractivity contribution in [3.8, 4) is 21.6 Å². The molecule has 1 aliphatic rings. The van der Waals surface area contributed by atoms with E-state index in [0.717, 1.165) is 21.4 Å². The third kappa shape index (κ3) is 2.20. The molecule has 2 nitrogen and oxygen atoms in total. The van der Waals surface area contributed by atoms with Gasteiger partial charge in [0.2, 0.25) is 0 Å². The number of halogens is 2. The lowest BCUT2D eigenvalue weighted by Gasteiger charge is -2.15. The van der Waals surface area contributed by atoms with E-state index in [1.165, 1.54) is 17.4 Å². The molecule has 1 unspecified atom stereocenters. The van der Waals surface area contributed by atoms with Crippen LogP contribution in [-0.2, 0) is 11.3 Å². The van der Waals surface area contributed by atoms with Crippen LogP contribution in [0.25, 0.3) is 21.6 Å². The molecule has 1 heterocycles. The third-order valence-corrected chi connectivity index (χ3v) is 5.40. The summed E-state index contributed by atoms with van der Waals surface area (Å²) in [7, 11) is 1.59. The van der Waals surface area contributed by atoms with Gasteiger partial charge in [0.1, 0.15) is 6.10 Å². The molecular formula is C19H14F2O2S. The first-order chi connectivity index (χ1) is 11.6. The average molecular weight is 344 g/mol. The zero-order valence-corrected chi connectivity index (χ0v) is 13.7. The third-order valence-electron chi connectivity index (χ3n) is 4.26. The first-order valence-electron chi connectivity index (χ1n) is 7.49. The Kier molecular flexibility index (Phi) is 3.72. The minimum absolute atomic E-state index is 0.132. The molecule has 4 rings (SSSR count). The van der Waals surface area contributed by atoms with Crippen LogP contribution in [0.5, 0.6) is 0 Å². The quantitative estimate of drug-likeness (QED) is 0.716. The molecule has 1 aromatic heterocycles. The van der Waals surface area contributed by atoms with Crippen molar-refractivity contribution >= 4 is 11.3 Å². The number of ether oxygens (including phenoxy) is 1. The van der Waals surface area contributed by atoms with Crippen molar-refractivity contribution in [1.82, 2.24) is 0 Å². The molecule has 122 valence electrons. The fraction of sp³-hybridized carbons (Fsp3) is 0.158. The number of hydrogen-bond acceptors (Lipinski definition) is 3. The second-order valence-corrected chi connectivity index (χ2v) is 6.84. The van der Waals surface area contributed by atoms with Crippen molar-refractivity contribution in [1.29, 1.82) is 0 Å². The maximum atomic E-state index is 14.6. The Morgan fingerprint density at radius 1 is 1.08 bits per heavy atom. The molecule has 0 fully saturated rings. The van der Waals surface area contributed by atoms with Crippen molar-refractivity contribution in [2.24, 2.45) is 0 Å². The maximum absolute atomic E-state index is 14.6. The van der Waals surface area contributed by atoms with E-state index in [1.54, 1.807) is 7.11 Å². The fourth-order valence-corrected chi connectivity index (χ4v) is 4.40. The summed E-state index contributed by atoms with van der Waals surface area (Å²) in [5.74, 6) is -1.85. The highest BCUT2D eigenvalue weighted by atomic mass is 32.1. The molecular weight excluding hydrogens is 330 g/mol. The van der Waals surface area contributed by atoms with Crippen molar-refractivity contribution in [2.45, 2.75) is 12.7 Å². The van der Waals surface area contributed by atoms with Gasteiger partial charge in [0.15, 0.2) is 11.6 Å². The van der Waals surface area contributed by atoms with Gasteiger partial charge >= 0.3 is 0 Å². The van der Waals surface area contributed by atoms with E-state index in [4.69, 9.17) is 4.74 Å². The SMILES string of the molecule is COCc1cc2c(s1)-c1ccccc1C(O)c1ccc(F)c(F)c1-2. The summed E-state index contributed by atoms with van der Waals surface area (Å²) in [4.78, 5) is 1.74. The number of rotatable bonds is 2. The van der Waals surface area contributed by atoms with E-state index in [-0.39, 0.29) is 5.56 Å². The molecule has 0 aliphatic heterocycles.